The van der Waals surface area contributed by atoms with Crippen LogP contribution in [0.25, 0.3) is 11.4 Å². The van der Waals surface area contributed by atoms with Gasteiger partial charge in [-0.25, -0.2) is 0 Å². The van der Waals surface area contributed by atoms with Gasteiger partial charge in [0, 0.05) is 55.7 Å². The van der Waals surface area contributed by atoms with E-state index in [1.807, 2.05) is 57.7 Å². The molecule has 0 unspecified atom stereocenters. The van der Waals surface area contributed by atoms with Crippen LogP contribution in [-0.2, 0) is 22.4 Å². The number of aromatic nitrogens is 6. The molecule has 0 aliphatic carbocycles. The van der Waals surface area contributed by atoms with Crippen LogP contribution in [0, 0.1) is 0 Å². The van der Waals surface area contributed by atoms with E-state index in [1.54, 1.807) is 48.5 Å². The standard InChI is InChI=1S/C36H30Cl4N8O2S2/c37-23-5-13-27(14-6-23)41-33(49)21-51-35-45-43-31(47(35)29-17-9-25(39)10-18-29)3-1-2-4-32-44-46-36(48(32)30-19-11-26(40)12-20-30)52-22-34(50)42-28-15-7-24(38)8-16-28/h5-20H,1-4,21-22H2,(H,41,49)(H,42,50). The number of hydrogen-bond donors (Lipinski definition) is 2. The van der Waals surface area contributed by atoms with Crippen molar-refractivity contribution >= 4 is 93.1 Å². The number of unbranched alkanes of at least 4 members (excludes halogenated alkanes) is 1. The molecule has 52 heavy (non-hydrogen) atoms. The molecule has 0 atom stereocenters. The predicted octanol–water partition coefficient (Wildman–Crippen LogP) is 9.49. The molecule has 6 aromatic rings. The minimum absolute atomic E-state index is 0.137. The lowest BCUT2D eigenvalue weighted by Gasteiger charge is -2.12. The first-order chi connectivity index (χ1) is 25.2. The molecule has 0 aliphatic heterocycles. The molecule has 16 heteroatoms. The van der Waals surface area contributed by atoms with E-state index in [1.165, 1.54) is 23.5 Å². The molecule has 0 bridgehead atoms. The Labute approximate surface area is 328 Å². The Bertz CT molecular complexity index is 1970. The van der Waals surface area contributed by atoms with E-state index in [4.69, 9.17) is 46.4 Å². The number of rotatable bonds is 15. The molecule has 0 saturated heterocycles. The van der Waals surface area contributed by atoms with Gasteiger partial charge < -0.3 is 10.6 Å². The van der Waals surface area contributed by atoms with Crippen molar-refractivity contribution < 1.29 is 9.59 Å². The number of aryl methyl sites for hydroxylation is 2. The summed E-state index contributed by atoms with van der Waals surface area (Å²) in [5, 5.41) is 27.2. The van der Waals surface area contributed by atoms with E-state index >= 15 is 0 Å². The number of amides is 2. The number of halogens is 4. The van der Waals surface area contributed by atoms with Crippen LogP contribution in [0.5, 0.6) is 0 Å². The Hall–Kier alpha value is -4.04. The molecule has 4 aromatic carbocycles. The second-order valence-electron chi connectivity index (χ2n) is 11.3. The Kier molecular flexibility index (Phi) is 13.2. The lowest BCUT2D eigenvalue weighted by molar-refractivity contribution is -0.114. The Morgan fingerprint density at radius 2 is 0.827 bits per heavy atom. The van der Waals surface area contributed by atoms with Gasteiger partial charge in [-0.2, -0.15) is 0 Å². The van der Waals surface area contributed by atoms with E-state index in [9.17, 15) is 9.59 Å². The quantitative estimate of drug-likeness (QED) is 0.0778. The molecule has 2 heterocycles. The summed E-state index contributed by atoms with van der Waals surface area (Å²) in [5.41, 5.74) is 3.00. The lowest BCUT2D eigenvalue weighted by atomic mass is 10.1. The average molecular weight is 813 g/mol. The van der Waals surface area contributed by atoms with E-state index in [0.717, 1.165) is 35.9 Å². The van der Waals surface area contributed by atoms with E-state index in [2.05, 4.69) is 31.0 Å². The summed E-state index contributed by atoms with van der Waals surface area (Å²) in [6.45, 7) is 0. The fraction of sp³-hybridized carbons (Fsp3) is 0.167. The highest BCUT2D eigenvalue weighted by Crippen LogP contribution is 2.27. The Morgan fingerprint density at radius 1 is 0.500 bits per heavy atom. The van der Waals surface area contributed by atoms with Crippen molar-refractivity contribution in [3.63, 3.8) is 0 Å². The van der Waals surface area contributed by atoms with Crippen LogP contribution in [0.4, 0.5) is 11.4 Å². The number of hydrogen-bond acceptors (Lipinski definition) is 8. The highest BCUT2D eigenvalue weighted by molar-refractivity contribution is 8.00. The first-order valence-electron chi connectivity index (χ1n) is 16.0. The molecule has 6 rings (SSSR count). The van der Waals surface area contributed by atoms with E-state index in [-0.39, 0.29) is 23.3 Å². The van der Waals surface area contributed by atoms with Gasteiger partial charge in [0.2, 0.25) is 11.8 Å². The van der Waals surface area contributed by atoms with Crippen LogP contribution in [0.15, 0.2) is 107 Å². The molecular formula is C36H30Cl4N8O2S2. The maximum absolute atomic E-state index is 12.7. The number of nitrogens with one attached hydrogen (secondary N) is 2. The fourth-order valence-corrected chi connectivity index (χ4v) is 7.14. The van der Waals surface area contributed by atoms with Crippen molar-refractivity contribution in [2.24, 2.45) is 0 Å². The van der Waals surface area contributed by atoms with Crippen molar-refractivity contribution in [1.82, 2.24) is 29.5 Å². The third-order valence-corrected chi connectivity index (χ3v) is 10.4. The smallest absolute Gasteiger partial charge is 0.234 e. The second kappa shape index (κ2) is 18.1. The summed E-state index contributed by atoms with van der Waals surface area (Å²) in [7, 11) is 0. The highest BCUT2D eigenvalue weighted by atomic mass is 35.5. The fourth-order valence-electron chi connectivity index (χ4n) is 5.10. The molecule has 0 fully saturated rings. The molecule has 10 nitrogen and oxygen atoms in total. The molecular weight excluding hydrogens is 782 g/mol. The van der Waals surface area contributed by atoms with Gasteiger partial charge in [-0.05, 0) is 110 Å². The van der Waals surface area contributed by atoms with Gasteiger partial charge in [0.25, 0.3) is 0 Å². The maximum atomic E-state index is 12.7. The normalized spacial score (nSPS) is 11.1. The number of carbonyl (C=O) groups is 2. The zero-order chi connectivity index (χ0) is 36.5. The monoisotopic (exact) mass is 810 g/mol. The van der Waals surface area contributed by atoms with Crippen molar-refractivity contribution in [3.8, 4) is 11.4 Å². The van der Waals surface area contributed by atoms with Gasteiger partial charge in [-0.1, -0.05) is 69.9 Å². The summed E-state index contributed by atoms with van der Waals surface area (Å²) in [5.74, 6) is 1.43. The molecule has 0 aliphatic rings. The summed E-state index contributed by atoms with van der Waals surface area (Å²) in [4.78, 5) is 25.5. The lowest BCUT2D eigenvalue weighted by Crippen LogP contribution is -2.14. The first-order valence-corrected chi connectivity index (χ1v) is 19.5. The van der Waals surface area contributed by atoms with Crippen LogP contribution in [0.1, 0.15) is 24.5 Å². The number of thioether (sulfide) groups is 2. The number of benzene rings is 4. The Balaban J connectivity index is 1.11. The topological polar surface area (TPSA) is 120 Å². The summed E-state index contributed by atoms with van der Waals surface area (Å²) >= 11 is 26.9. The summed E-state index contributed by atoms with van der Waals surface area (Å²) in [6.07, 6.45) is 2.78. The summed E-state index contributed by atoms with van der Waals surface area (Å²) < 4.78 is 3.91. The van der Waals surface area contributed by atoms with Crippen LogP contribution in [0.2, 0.25) is 20.1 Å². The van der Waals surface area contributed by atoms with E-state index < -0.39 is 0 Å². The zero-order valence-electron chi connectivity index (χ0n) is 27.3. The first kappa shape index (κ1) is 37.7. The molecule has 2 amide bonds. The predicted molar refractivity (Wildman–Crippen MR) is 211 cm³/mol. The molecule has 0 spiro atoms. The molecule has 0 radical (unpaired) electrons. The van der Waals surface area contributed by atoms with Gasteiger partial charge in [-0.3, -0.25) is 18.7 Å². The van der Waals surface area contributed by atoms with Gasteiger partial charge >= 0.3 is 0 Å². The van der Waals surface area contributed by atoms with Gasteiger partial charge in [0.05, 0.1) is 11.5 Å². The average Bonchev–Trinajstić information content (AvgIpc) is 3.74. The van der Waals surface area contributed by atoms with E-state index in [0.29, 0.717) is 54.6 Å². The molecule has 0 saturated carbocycles. The molecule has 2 N–H and O–H groups in total. The van der Waals surface area contributed by atoms with Gasteiger partial charge in [0.1, 0.15) is 11.6 Å². The largest absolute Gasteiger partial charge is 0.325 e. The molecule has 2 aromatic heterocycles. The zero-order valence-corrected chi connectivity index (χ0v) is 32.0. The van der Waals surface area contributed by atoms with Crippen LogP contribution in [0.3, 0.4) is 0 Å². The number of anilines is 2. The SMILES string of the molecule is O=C(CSc1nnc(CCCCc2nnc(SCC(=O)Nc3ccc(Cl)cc3)n2-c2ccc(Cl)cc2)n1-c1ccc(Cl)cc1)Nc1ccc(Cl)cc1. The van der Waals surface area contributed by atoms with Crippen molar-refractivity contribution in [1.29, 1.82) is 0 Å². The number of nitrogens with zero attached hydrogens (tertiary/aromatic N) is 6. The molecule has 266 valence electrons. The van der Waals surface area contributed by atoms with Gasteiger partial charge in [-0.15, -0.1) is 20.4 Å². The third-order valence-electron chi connectivity index (χ3n) is 7.54. The van der Waals surface area contributed by atoms with Crippen LogP contribution < -0.4 is 10.6 Å². The minimum Gasteiger partial charge on any atom is -0.325 e. The van der Waals surface area contributed by atoms with Crippen LogP contribution >= 0.6 is 69.9 Å². The van der Waals surface area contributed by atoms with Crippen molar-refractivity contribution in [2.45, 2.75) is 36.0 Å². The van der Waals surface area contributed by atoms with Crippen molar-refractivity contribution in [2.75, 3.05) is 22.1 Å². The van der Waals surface area contributed by atoms with Gasteiger partial charge in [0.15, 0.2) is 10.3 Å². The minimum atomic E-state index is -0.177. The van der Waals surface area contributed by atoms with Crippen LogP contribution in [-0.4, -0.2) is 52.8 Å². The highest BCUT2D eigenvalue weighted by Gasteiger charge is 2.19. The van der Waals surface area contributed by atoms with Crippen molar-refractivity contribution in [3.05, 3.63) is 129 Å². The summed E-state index contributed by atoms with van der Waals surface area (Å²) in [6, 6.07) is 28.7. The third kappa shape index (κ3) is 10.3. The Morgan fingerprint density at radius 3 is 1.17 bits per heavy atom. The second-order valence-corrected chi connectivity index (χ2v) is 14.9. The maximum Gasteiger partial charge on any atom is 0.234 e. The number of carbonyl (C=O) groups excluding carboxylic acids is 2.